The van der Waals surface area contributed by atoms with E-state index in [1.54, 1.807) is 24.1 Å². The van der Waals surface area contributed by atoms with Crippen molar-refractivity contribution in [3.05, 3.63) is 34.1 Å². The van der Waals surface area contributed by atoms with E-state index in [0.717, 1.165) is 22.5 Å². The second kappa shape index (κ2) is 8.98. The number of thioether (sulfide) groups is 1. The van der Waals surface area contributed by atoms with E-state index < -0.39 is 0 Å². The van der Waals surface area contributed by atoms with Crippen molar-refractivity contribution >= 4 is 46.0 Å². The van der Waals surface area contributed by atoms with E-state index in [0.29, 0.717) is 18.5 Å². The highest BCUT2D eigenvalue weighted by Gasteiger charge is 2.19. The van der Waals surface area contributed by atoms with Gasteiger partial charge in [0, 0.05) is 54.1 Å². The molecule has 0 aliphatic carbocycles. The zero-order chi connectivity index (χ0) is 14.5. The van der Waals surface area contributed by atoms with E-state index in [9.17, 15) is 9.18 Å². The number of nitrogens with zero attached hydrogens (tertiary/aromatic N) is 1. The smallest absolute Gasteiger partial charge is 0.224 e. The van der Waals surface area contributed by atoms with Crippen molar-refractivity contribution in [2.75, 3.05) is 25.1 Å². The van der Waals surface area contributed by atoms with Crippen molar-refractivity contribution in [1.29, 1.82) is 0 Å². The lowest BCUT2D eigenvalue weighted by atomic mass is 10.1. The molecule has 1 aromatic rings. The fourth-order valence-electron chi connectivity index (χ4n) is 2.13. The van der Waals surface area contributed by atoms with Gasteiger partial charge in [-0.15, -0.1) is 12.4 Å². The largest absolute Gasteiger partial charge is 0.341 e. The van der Waals surface area contributed by atoms with Crippen LogP contribution in [0.2, 0.25) is 0 Å². The van der Waals surface area contributed by atoms with Crippen LogP contribution in [0.1, 0.15) is 12.0 Å². The van der Waals surface area contributed by atoms with Gasteiger partial charge in [-0.05, 0) is 18.2 Å². The van der Waals surface area contributed by atoms with Gasteiger partial charge in [-0.3, -0.25) is 4.79 Å². The van der Waals surface area contributed by atoms with E-state index in [2.05, 4.69) is 21.2 Å². The van der Waals surface area contributed by atoms with Crippen molar-refractivity contribution in [1.82, 2.24) is 10.2 Å². The third-order valence-electron chi connectivity index (χ3n) is 3.26. The number of benzene rings is 1. The van der Waals surface area contributed by atoms with Gasteiger partial charge in [-0.25, -0.2) is 4.39 Å². The van der Waals surface area contributed by atoms with Crippen LogP contribution in [-0.2, 0) is 11.3 Å². The standard InChI is InChI=1S/C14H18BrFN2OS.ClH/c1-18(8-10-6-11(15)2-3-13(10)16)14(19)7-12-9-20-5-4-17-12;/h2-3,6,12,17H,4-5,7-9H2,1H3;1H. The summed E-state index contributed by atoms with van der Waals surface area (Å²) >= 11 is 5.19. The molecule has 7 heteroatoms. The Kier molecular flexibility index (Phi) is 8.02. The fraction of sp³-hybridized carbons (Fsp3) is 0.500. The summed E-state index contributed by atoms with van der Waals surface area (Å²) in [5.41, 5.74) is 0.529. The first-order chi connectivity index (χ1) is 9.56. The van der Waals surface area contributed by atoms with Crippen molar-refractivity contribution in [3.8, 4) is 0 Å². The molecule has 3 nitrogen and oxygen atoms in total. The van der Waals surface area contributed by atoms with Gasteiger partial charge in [0.05, 0.1) is 0 Å². The Hall–Kier alpha value is -0.300. The van der Waals surface area contributed by atoms with Gasteiger partial charge in [-0.1, -0.05) is 15.9 Å². The normalized spacial score (nSPS) is 18.0. The van der Waals surface area contributed by atoms with E-state index >= 15 is 0 Å². The van der Waals surface area contributed by atoms with E-state index in [1.807, 2.05) is 11.8 Å². The molecule has 0 aromatic heterocycles. The molecule has 1 aromatic carbocycles. The van der Waals surface area contributed by atoms with E-state index in [-0.39, 0.29) is 30.2 Å². The Morgan fingerprint density at radius 1 is 1.57 bits per heavy atom. The van der Waals surface area contributed by atoms with Crippen LogP contribution in [0.3, 0.4) is 0 Å². The van der Waals surface area contributed by atoms with Crippen LogP contribution in [0.15, 0.2) is 22.7 Å². The molecule has 1 heterocycles. The number of hydrogen-bond acceptors (Lipinski definition) is 3. The Balaban J connectivity index is 0.00000220. The number of halogens is 3. The molecule has 1 fully saturated rings. The molecule has 118 valence electrons. The van der Waals surface area contributed by atoms with Crippen LogP contribution in [0.25, 0.3) is 0 Å². The van der Waals surface area contributed by atoms with Crippen LogP contribution >= 0.6 is 40.1 Å². The molecule has 0 spiro atoms. The summed E-state index contributed by atoms with van der Waals surface area (Å²) < 4.78 is 14.5. The maximum atomic E-state index is 13.7. The monoisotopic (exact) mass is 396 g/mol. The molecule has 1 aliphatic heterocycles. The van der Waals surface area contributed by atoms with Gasteiger partial charge < -0.3 is 10.2 Å². The van der Waals surface area contributed by atoms with Crippen molar-refractivity contribution < 1.29 is 9.18 Å². The van der Waals surface area contributed by atoms with Crippen LogP contribution in [0.5, 0.6) is 0 Å². The lowest BCUT2D eigenvalue weighted by Gasteiger charge is -2.25. The summed E-state index contributed by atoms with van der Waals surface area (Å²) in [5, 5.41) is 3.34. The van der Waals surface area contributed by atoms with Crippen LogP contribution < -0.4 is 5.32 Å². The minimum atomic E-state index is -0.279. The molecule has 1 N–H and O–H groups in total. The maximum absolute atomic E-state index is 13.7. The van der Waals surface area contributed by atoms with Crippen LogP contribution in [0, 0.1) is 5.82 Å². The third-order valence-corrected chi connectivity index (χ3v) is 4.88. The molecule has 1 unspecified atom stereocenters. The molecule has 0 radical (unpaired) electrons. The summed E-state index contributed by atoms with van der Waals surface area (Å²) in [6, 6.07) is 5.02. The Labute approximate surface area is 143 Å². The molecule has 2 rings (SSSR count). The maximum Gasteiger partial charge on any atom is 0.224 e. The SMILES string of the molecule is CN(Cc1cc(Br)ccc1F)C(=O)CC1CSCCN1.Cl. The average molecular weight is 398 g/mol. The van der Waals surface area contributed by atoms with Crippen molar-refractivity contribution in [2.24, 2.45) is 0 Å². The number of hydrogen-bond donors (Lipinski definition) is 1. The van der Waals surface area contributed by atoms with Gasteiger partial charge in [0.1, 0.15) is 5.82 Å². The molecule has 1 aliphatic rings. The number of nitrogens with one attached hydrogen (secondary N) is 1. The van der Waals surface area contributed by atoms with Crippen molar-refractivity contribution in [3.63, 3.8) is 0 Å². The van der Waals surface area contributed by atoms with Gasteiger partial charge >= 0.3 is 0 Å². The number of carbonyl (C=O) groups is 1. The van der Waals surface area contributed by atoms with E-state index in [1.165, 1.54) is 6.07 Å². The highest BCUT2D eigenvalue weighted by molar-refractivity contribution is 9.10. The topological polar surface area (TPSA) is 32.3 Å². The number of rotatable bonds is 4. The summed E-state index contributed by atoms with van der Waals surface area (Å²) in [6.07, 6.45) is 0.471. The molecule has 0 bridgehead atoms. The zero-order valence-corrected chi connectivity index (χ0v) is 15.0. The molecule has 0 saturated carbocycles. The van der Waals surface area contributed by atoms with Gasteiger partial charge in [0.15, 0.2) is 0 Å². The summed E-state index contributed by atoms with van der Waals surface area (Å²) in [6.45, 7) is 1.25. The van der Waals surface area contributed by atoms with Crippen LogP contribution in [-0.4, -0.2) is 41.9 Å². The molecule has 1 atom stereocenters. The van der Waals surface area contributed by atoms with Gasteiger partial charge in [-0.2, -0.15) is 11.8 Å². The second-order valence-corrected chi connectivity index (χ2v) is 6.98. The zero-order valence-electron chi connectivity index (χ0n) is 11.8. The van der Waals surface area contributed by atoms with Gasteiger partial charge in [0.2, 0.25) is 5.91 Å². The number of carbonyl (C=O) groups excluding carboxylic acids is 1. The molecular weight excluding hydrogens is 379 g/mol. The fourth-order valence-corrected chi connectivity index (χ4v) is 3.48. The molecule has 21 heavy (non-hydrogen) atoms. The van der Waals surface area contributed by atoms with Crippen LogP contribution in [0.4, 0.5) is 4.39 Å². The summed E-state index contributed by atoms with van der Waals surface area (Å²) in [5.74, 6) is 1.83. The van der Waals surface area contributed by atoms with Crippen molar-refractivity contribution in [2.45, 2.75) is 19.0 Å². The first kappa shape index (κ1) is 18.7. The second-order valence-electron chi connectivity index (χ2n) is 4.92. The molecular formula is C14H19BrClFN2OS. The first-order valence-corrected chi connectivity index (χ1v) is 8.50. The predicted molar refractivity (Wildman–Crippen MR) is 91.6 cm³/mol. The summed E-state index contributed by atoms with van der Waals surface area (Å²) in [7, 11) is 1.72. The Bertz CT molecular complexity index is 486. The third kappa shape index (κ3) is 5.77. The minimum Gasteiger partial charge on any atom is -0.341 e. The molecule has 1 amide bonds. The lowest BCUT2D eigenvalue weighted by molar-refractivity contribution is -0.130. The first-order valence-electron chi connectivity index (χ1n) is 6.55. The summed E-state index contributed by atoms with van der Waals surface area (Å²) in [4.78, 5) is 13.7. The Morgan fingerprint density at radius 2 is 2.33 bits per heavy atom. The highest BCUT2D eigenvalue weighted by Crippen LogP contribution is 2.18. The average Bonchev–Trinajstić information content (AvgIpc) is 2.44. The molecule has 1 saturated heterocycles. The minimum absolute atomic E-state index is 0. The highest BCUT2D eigenvalue weighted by atomic mass is 79.9. The van der Waals surface area contributed by atoms with E-state index in [4.69, 9.17) is 0 Å². The Morgan fingerprint density at radius 3 is 3.00 bits per heavy atom. The quantitative estimate of drug-likeness (QED) is 0.847. The lowest BCUT2D eigenvalue weighted by Crippen LogP contribution is -2.41. The predicted octanol–water partition coefficient (Wildman–Crippen LogP) is 3.06. The van der Waals surface area contributed by atoms with Gasteiger partial charge in [0.25, 0.3) is 0 Å². The number of amides is 1.